The maximum absolute atomic E-state index is 14.0. The van der Waals surface area contributed by atoms with Gasteiger partial charge in [-0.25, -0.2) is 9.37 Å². The van der Waals surface area contributed by atoms with E-state index in [1.165, 1.54) is 6.07 Å². The number of hydrogen-bond acceptors (Lipinski definition) is 3. The molecule has 5 nitrogen and oxygen atoms in total. The van der Waals surface area contributed by atoms with Gasteiger partial charge in [-0.1, -0.05) is 30.3 Å². The van der Waals surface area contributed by atoms with Crippen molar-refractivity contribution in [2.24, 2.45) is 0 Å². The molecule has 2 aromatic carbocycles. The summed E-state index contributed by atoms with van der Waals surface area (Å²) < 4.78 is 21.4. The van der Waals surface area contributed by atoms with Crippen molar-refractivity contribution >= 4 is 5.91 Å². The van der Waals surface area contributed by atoms with Gasteiger partial charge in [0.2, 0.25) is 5.91 Å². The van der Waals surface area contributed by atoms with Gasteiger partial charge in [-0.3, -0.25) is 4.79 Å². The first kappa shape index (κ1) is 20.1. The van der Waals surface area contributed by atoms with Crippen molar-refractivity contribution in [2.75, 3.05) is 13.7 Å². The van der Waals surface area contributed by atoms with Crippen molar-refractivity contribution in [3.8, 4) is 5.75 Å². The summed E-state index contributed by atoms with van der Waals surface area (Å²) >= 11 is 0. The van der Waals surface area contributed by atoms with E-state index in [-0.39, 0.29) is 24.2 Å². The lowest BCUT2D eigenvalue weighted by Gasteiger charge is -2.25. The third-order valence-corrected chi connectivity index (χ3v) is 5.76. The van der Waals surface area contributed by atoms with Crippen LogP contribution in [0.2, 0.25) is 0 Å². The third-order valence-electron chi connectivity index (χ3n) is 5.76. The molecule has 30 heavy (non-hydrogen) atoms. The molecule has 3 aromatic rings. The van der Waals surface area contributed by atoms with Crippen LogP contribution in [-0.4, -0.2) is 34.0 Å². The highest BCUT2D eigenvalue weighted by Gasteiger charge is 2.33. The van der Waals surface area contributed by atoms with Crippen molar-refractivity contribution in [3.05, 3.63) is 83.2 Å². The molecule has 0 N–H and O–H groups in total. The highest BCUT2D eigenvalue weighted by atomic mass is 19.1. The summed E-state index contributed by atoms with van der Waals surface area (Å²) in [5.74, 6) is 1.32. The Hall–Kier alpha value is -3.15. The fourth-order valence-electron chi connectivity index (χ4n) is 4.10. The Balaban J connectivity index is 1.55. The largest absolute Gasteiger partial charge is 0.497 e. The van der Waals surface area contributed by atoms with Crippen LogP contribution < -0.4 is 4.74 Å². The fourth-order valence-corrected chi connectivity index (χ4v) is 4.10. The minimum absolute atomic E-state index is 0.0562. The van der Waals surface area contributed by atoms with E-state index >= 15 is 0 Å². The molecular weight excluding hydrogens is 381 g/mol. The Morgan fingerprint density at radius 3 is 2.70 bits per heavy atom. The van der Waals surface area contributed by atoms with Crippen LogP contribution >= 0.6 is 0 Å². The number of aromatic nitrogens is 2. The Morgan fingerprint density at radius 2 is 1.97 bits per heavy atom. The minimum atomic E-state index is -0.335. The molecule has 0 bridgehead atoms. The summed E-state index contributed by atoms with van der Waals surface area (Å²) in [7, 11) is 1.65. The van der Waals surface area contributed by atoms with E-state index in [4.69, 9.17) is 4.74 Å². The molecule has 2 heterocycles. The van der Waals surface area contributed by atoms with Gasteiger partial charge in [-0.2, -0.15) is 0 Å². The van der Waals surface area contributed by atoms with E-state index in [1.807, 2.05) is 42.3 Å². The van der Waals surface area contributed by atoms with E-state index < -0.39 is 0 Å². The maximum atomic E-state index is 14.0. The number of imidazole rings is 1. The molecule has 0 spiro atoms. The molecule has 1 fully saturated rings. The summed E-state index contributed by atoms with van der Waals surface area (Å²) in [6.07, 6.45) is 3.71. The van der Waals surface area contributed by atoms with Gasteiger partial charge < -0.3 is 14.2 Å². The van der Waals surface area contributed by atoms with Crippen LogP contribution in [-0.2, 0) is 17.8 Å². The van der Waals surface area contributed by atoms with E-state index in [0.29, 0.717) is 18.7 Å². The number of likely N-dealkylation sites (tertiary alicyclic amines) is 1. The molecule has 1 atom stereocenters. The quantitative estimate of drug-likeness (QED) is 0.612. The molecule has 4 rings (SSSR count). The van der Waals surface area contributed by atoms with Gasteiger partial charge in [0.25, 0.3) is 0 Å². The van der Waals surface area contributed by atoms with Crippen LogP contribution in [0.1, 0.15) is 41.5 Å². The first-order valence-electron chi connectivity index (χ1n) is 10.2. The summed E-state index contributed by atoms with van der Waals surface area (Å²) in [6.45, 7) is 3.38. The van der Waals surface area contributed by atoms with Crippen molar-refractivity contribution in [1.82, 2.24) is 14.5 Å². The number of halogens is 1. The third kappa shape index (κ3) is 4.08. The van der Waals surface area contributed by atoms with E-state index in [2.05, 4.69) is 9.55 Å². The highest BCUT2D eigenvalue weighted by Crippen LogP contribution is 2.33. The first-order valence-corrected chi connectivity index (χ1v) is 10.2. The zero-order valence-electron chi connectivity index (χ0n) is 17.3. The number of nitrogens with zero attached hydrogens (tertiary/aromatic N) is 3. The van der Waals surface area contributed by atoms with Gasteiger partial charge in [0.05, 0.1) is 19.6 Å². The predicted molar refractivity (Wildman–Crippen MR) is 113 cm³/mol. The molecule has 1 saturated heterocycles. The van der Waals surface area contributed by atoms with E-state index in [9.17, 15) is 9.18 Å². The summed E-state index contributed by atoms with van der Waals surface area (Å²) in [4.78, 5) is 19.5. The maximum Gasteiger partial charge on any atom is 0.227 e. The molecule has 156 valence electrons. The second kappa shape index (κ2) is 8.69. The summed E-state index contributed by atoms with van der Waals surface area (Å²) in [5, 5.41) is 0. The smallest absolute Gasteiger partial charge is 0.227 e. The lowest BCUT2D eigenvalue weighted by atomic mass is 10.1. The number of benzene rings is 2. The zero-order valence-corrected chi connectivity index (χ0v) is 17.3. The van der Waals surface area contributed by atoms with Gasteiger partial charge >= 0.3 is 0 Å². The normalized spacial score (nSPS) is 16.1. The van der Waals surface area contributed by atoms with Gasteiger partial charge in [0.1, 0.15) is 17.4 Å². The number of carbonyl (C=O) groups is 1. The first-order chi connectivity index (χ1) is 14.6. The van der Waals surface area contributed by atoms with Crippen LogP contribution in [0, 0.1) is 12.7 Å². The molecule has 0 aliphatic carbocycles. The lowest BCUT2D eigenvalue weighted by molar-refractivity contribution is -0.131. The number of aryl methyl sites for hydroxylation is 1. The zero-order chi connectivity index (χ0) is 21.1. The van der Waals surface area contributed by atoms with Crippen LogP contribution in [0.15, 0.2) is 54.7 Å². The molecule has 1 aliphatic rings. The Bertz CT molecular complexity index is 1030. The Kier molecular flexibility index (Phi) is 5.84. The average Bonchev–Trinajstić information content (AvgIpc) is 3.37. The van der Waals surface area contributed by atoms with Crippen LogP contribution in [0.3, 0.4) is 0 Å². The number of methoxy groups -OCH3 is 1. The van der Waals surface area contributed by atoms with Gasteiger partial charge in [0.15, 0.2) is 0 Å². The molecule has 6 heteroatoms. The summed E-state index contributed by atoms with van der Waals surface area (Å²) in [6, 6.07) is 14.4. The van der Waals surface area contributed by atoms with Crippen LogP contribution in [0.5, 0.6) is 5.75 Å². The second-order valence-corrected chi connectivity index (χ2v) is 7.71. The fraction of sp³-hybridized carbons (Fsp3) is 0.333. The topological polar surface area (TPSA) is 47.4 Å². The van der Waals surface area contributed by atoms with Crippen molar-refractivity contribution in [3.63, 3.8) is 0 Å². The number of ether oxygens (including phenoxy) is 1. The van der Waals surface area contributed by atoms with Crippen molar-refractivity contribution < 1.29 is 13.9 Å². The minimum Gasteiger partial charge on any atom is -0.497 e. The van der Waals surface area contributed by atoms with Gasteiger partial charge in [-0.05, 0) is 49.1 Å². The second-order valence-electron chi connectivity index (χ2n) is 7.71. The molecule has 0 saturated carbocycles. The van der Waals surface area contributed by atoms with Crippen molar-refractivity contribution in [2.45, 2.75) is 38.8 Å². The monoisotopic (exact) mass is 407 g/mol. The predicted octanol–water partition coefficient (Wildman–Crippen LogP) is 4.29. The molecule has 1 aromatic heterocycles. The lowest BCUT2D eigenvalue weighted by Crippen LogP contribution is -2.33. The SMILES string of the molecule is COc1ccc(Cn2c(C)cnc2C2CCCN2C(=O)Cc2ccccc2F)cc1. The van der Waals surface area contributed by atoms with Crippen molar-refractivity contribution in [1.29, 1.82) is 0 Å². The van der Waals surface area contributed by atoms with Gasteiger partial charge in [-0.15, -0.1) is 0 Å². The van der Waals surface area contributed by atoms with E-state index in [0.717, 1.165) is 35.7 Å². The Labute approximate surface area is 176 Å². The number of carbonyl (C=O) groups excluding carboxylic acids is 1. The molecule has 1 amide bonds. The number of amides is 1. The molecule has 1 aliphatic heterocycles. The standard InChI is InChI=1S/C24H26FN3O2/c1-17-15-26-24(28(17)16-18-9-11-20(30-2)12-10-18)22-8-5-13-27(22)23(29)14-19-6-3-4-7-21(19)25/h3-4,6-7,9-12,15,22H,5,8,13-14,16H2,1-2H3. The van der Waals surface area contributed by atoms with Crippen LogP contribution in [0.4, 0.5) is 4.39 Å². The number of hydrogen-bond donors (Lipinski definition) is 0. The van der Waals surface area contributed by atoms with Crippen LogP contribution in [0.25, 0.3) is 0 Å². The van der Waals surface area contributed by atoms with Gasteiger partial charge in [0, 0.05) is 25.0 Å². The van der Waals surface area contributed by atoms with E-state index in [1.54, 1.807) is 25.3 Å². The Morgan fingerprint density at radius 1 is 1.20 bits per heavy atom. The molecular formula is C24H26FN3O2. The summed E-state index contributed by atoms with van der Waals surface area (Å²) in [5.41, 5.74) is 2.63. The molecule has 1 unspecified atom stereocenters. The highest BCUT2D eigenvalue weighted by molar-refractivity contribution is 5.79. The average molecular weight is 407 g/mol. The number of rotatable bonds is 6. The molecule has 0 radical (unpaired) electrons.